The molecule has 0 bridgehead atoms. The Morgan fingerprint density at radius 1 is 1.17 bits per heavy atom. The molecule has 0 heterocycles. The van der Waals surface area contributed by atoms with Gasteiger partial charge < -0.3 is 15.4 Å². The van der Waals surface area contributed by atoms with Crippen LogP contribution in [0.25, 0.3) is 0 Å². The normalized spacial score (nSPS) is 11.7. The van der Waals surface area contributed by atoms with Gasteiger partial charge in [-0.3, -0.25) is 4.79 Å². The number of carbonyl (C=O) groups excluding carboxylic acids is 1. The lowest BCUT2D eigenvalue weighted by atomic mass is 10.2. The average Bonchev–Trinajstić information content (AvgIpc) is 2.53. The number of hydrogen-bond donors (Lipinski definition) is 2. The summed E-state index contributed by atoms with van der Waals surface area (Å²) >= 11 is 0. The maximum Gasteiger partial charge on any atom is 0.246 e. The molecule has 0 aliphatic carbocycles. The molecule has 1 atom stereocenters. The number of amides is 1. The Labute approximate surface area is 133 Å². The average molecular weight is 320 g/mol. The fraction of sp³-hybridized carbons (Fsp3) is 0.235. The van der Waals surface area contributed by atoms with Crippen LogP contribution < -0.4 is 15.4 Å². The number of carbonyl (C=O) groups is 1. The second kappa shape index (κ2) is 7.58. The summed E-state index contributed by atoms with van der Waals surface area (Å²) < 4.78 is 32.2. The molecule has 0 aromatic heterocycles. The third kappa shape index (κ3) is 4.42. The van der Waals surface area contributed by atoms with Crippen molar-refractivity contribution in [3.8, 4) is 5.75 Å². The summed E-state index contributed by atoms with van der Waals surface area (Å²) in [6, 6.07) is 9.41. The van der Waals surface area contributed by atoms with Crippen LogP contribution in [0.1, 0.15) is 13.8 Å². The number of benzene rings is 2. The first-order chi connectivity index (χ1) is 11.0. The van der Waals surface area contributed by atoms with E-state index in [2.05, 4.69) is 10.6 Å². The molecule has 0 unspecified atom stereocenters. The zero-order valence-electron chi connectivity index (χ0n) is 12.9. The predicted octanol–water partition coefficient (Wildman–Crippen LogP) is 3.80. The van der Waals surface area contributed by atoms with Crippen LogP contribution in [0.5, 0.6) is 5.75 Å². The molecule has 2 aromatic carbocycles. The number of rotatable bonds is 6. The lowest BCUT2D eigenvalue weighted by Crippen LogP contribution is -2.32. The highest BCUT2D eigenvalue weighted by atomic mass is 19.1. The van der Waals surface area contributed by atoms with Crippen LogP contribution in [0.3, 0.4) is 0 Å². The molecule has 0 radical (unpaired) electrons. The minimum absolute atomic E-state index is 0.193. The Morgan fingerprint density at radius 2 is 1.91 bits per heavy atom. The number of anilines is 2. The van der Waals surface area contributed by atoms with Gasteiger partial charge in [0, 0.05) is 6.07 Å². The molecule has 0 aliphatic rings. The third-order valence-electron chi connectivity index (χ3n) is 3.14. The van der Waals surface area contributed by atoms with Gasteiger partial charge in [0.15, 0.2) is 0 Å². The number of nitrogens with one attached hydrogen (secondary N) is 2. The van der Waals surface area contributed by atoms with E-state index in [1.807, 2.05) is 19.1 Å². The van der Waals surface area contributed by atoms with Gasteiger partial charge in [-0.25, -0.2) is 8.78 Å². The summed E-state index contributed by atoms with van der Waals surface area (Å²) in [6.45, 7) is 3.97. The molecule has 4 nitrogen and oxygen atoms in total. The third-order valence-corrected chi connectivity index (χ3v) is 3.14. The van der Waals surface area contributed by atoms with Gasteiger partial charge >= 0.3 is 0 Å². The predicted molar refractivity (Wildman–Crippen MR) is 85.7 cm³/mol. The lowest BCUT2D eigenvalue weighted by Gasteiger charge is -2.18. The SMILES string of the molecule is CCOc1ccccc1N[C@H](C)C(=O)Nc1cc(F)ccc1F. The molecule has 23 heavy (non-hydrogen) atoms. The Hall–Kier alpha value is -2.63. The van der Waals surface area contributed by atoms with E-state index < -0.39 is 23.6 Å². The standard InChI is InChI=1S/C17H18F2N2O2/c1-3-23-16-7-5-4-6-14(16)20-11(2)17(22)21-15-10-12(18)8-9-13(15)19/h4-11,20H,3H2,1-2H3,(H,21,22)/t11-/m1/s1. The fourth-order valence-electron chi connectivity index (χ4n) is 2.00. The number of hydrogen-bond acceptors (Lipinski definition) is 3. The molecule has 0 spiro atoms. The first-order valence-electron chi connectivity index (χ1n) is 7.25. The highest BCUT2D eigenvalue weighted by Crippen LogP contribution is 2.24. The zero-order valence-corrected chi connectivity index (χ0v) is 12.9. The van der Waals surface area contributed by atoms with E-state index >= 15 is 0 Å². The van der Waals surface area contributed by atoms with Crippen LogP contribution in [0, 0.1) is 11.6 Å². The van der Waals surface area contributed by atoms with Gasteiger partial charge in [-0.1, -0.05) is 12.1 Å². The van der Waals surface area contributed by atoms with Crippen LogP contribution in [0.15, 0.2) is 42.5 Å². The first-order valence-corrected chi connectivity index (χ1v) is 7.25. The summed E-state index contributed by atoms with van der Waals surface area (Å²) in [5.74, 6) is -1.18. The Morgan fingerprint density at radius 3 is 2.65 bits per heavy atom. The van der Waals surface area contributed by atoms with Crippen molar-refractivity contribution in [2.24, 2.45) is 0 Å². The quantitative estimate of drug-likeness (QED) is 0.851. The van der Waals surface area contributed by atoms with Crippen LogP contribution in [0.4, 0.5) is 20.2 Å². The van der Waals surface area contributed by atoms with Crippen LogP contribution in [0.2, 0.25) is 0 Å². The Balaban J connectivity index is 2.07. The highest BCUT2D eigenvalue weighted by molar-refractivity contribution is 5.96. The topological polar surface area (TPSA) is 50.4 Å². The molecule has 6 heteroatoms. The second-order valence-corrected chi connectivity index (χ2v) is 4.91. The van der Waals surface area contributed by atoms with Gasteiger partial charge in [0.05, 0.1) is 18.0 Å². The van der Waals surface area contributed by atoms with E-state index in [0.29, 0.717) is 18.0 Å². The molecule has 2 aromatic rings. The van der Waals surface area contributed by atoms with E-state index in [-0.39, 0.29) is 5.69 Å². The molecule has 0 fully saturated rings. The lowest BCUT2D eigenvalue weighted by molar-refractivity contribution is -0.116. The van der Waals surface area contributed by atoms with Crippen molar-refractivity contribution in [2.45, 2.75) is 19.9 Å². The zero-order chi connectivity index (χ0) is 16.8. The number of halogens is 2. The van der Waals surface area contributed by atoms with Crippen LogP contribution in [-0.4, -0.2) is 18.6 Å². The van der Waals surface area contributed by atoms with Crippen LogP contribution in [-0.2, 0) is 4.79 Å². The van der Waals surface area contributed by atoms with Gasteiger partial charge in [0.1, 0.15) is 23.4 Å². The van der Waals surface area contributed by atoms with Crippen molar-refractivity contribution < 1.29 is 18.3 Å². The molecular formula is C17H18F2N2O2. The Bertz CT molecular complexity index is 692. The van der Waals surface area contributed by atoms with Crippen molar-refractivity contribution in [1.82, 2.24) is 0 Å². The monoisotopic (exact) mass is 320 g/mol. The van der Waals surface area contributed by atoms with E-state index in [0.717, 1.165) is 18.2 Å². The smallest absolute Gasteiger partial charge is 0.246 e. The van der Waals surface area contributed by atoms with Crippen molar-refractivity contribution in [2.75, 3.05) is 17.2 Å². The van der Waals surface area contributed by atoms with Gasteiger partial charge in [0.25, 0.3) is 0 Å². The summed E-state index contributed by atoms with van der Waals surface area (Å²) in [5, 5.41) is 5.36. The Kier molecular flexibility index (Phi) is 5.51. The van der Waals surface area contributed by atoms with Crippen molar-refractivity contribution in [1.29, 1.82) is 0 Å². The molecule has 0 saturated carbocycles. The minimum atomic E-state index is -0.693. The van der Waals surface area contributed by atoms with Gasteiger partial charge in [0.2, 0.25) is 5.91 Å². The first kappa shape index (κ1) is 16.7. The largest absolute Gasteiger partial charge is 0.492 e. The summed E-state index contributed by atoms with van der Waals surface area (Å²) in [7, 11) is 0. The molecule has 0 aliphatic heterocycles. The van der Waals surface area contributed by atoms with E-state index in [9.17, 15) is 13.6 Å². The molecule has 122 valence electrons. The maximum absolute atomic E-state index is 13.6. The summed E-state index contributed by atoms with van der Waals surface area (Å²) in [4.78, 5) is 12.1. The van der Waals surface area contributed by atoms with E-state index in [1.54, 1.807) is 19.1 Å². The molecule has 2 rings (SSSR count). The van der Waals surface area contributed by atoms with Crippen molar-refractivity contribution in [3.05, 3.63) is 54.1 Å². The van der Waals surface area contributed by atoms with E-state index in [1.165, 1.54) is 0 Å². The summed E-state index contributed by atoms with van der Waals surface area (Å²) in [5.41, 5.74) is 0.457. The molecule has 1 amide bonds. The number of ether oxygens (including phenoxy) is 1. The molecule has 0 saturated heterocycles. The maximum atomic E-state index is 13.6. The molecule has 2 N–H and O–H groups in total. The van der Waals surface area contributed by atoms with E-state index in [4.69, 9.17) is 4.74 Å². The van der Waals surface area contributed by atoms with Crippen molar-refractivity contribution >= 4 is 17.3 Å². The second-order valence-electron chi connectivity index (χ2n) is 4.91. The van der Waals surface area contributed by atoms with Gasteiger partial charge in [-0.05, 0) is 38.1 Å². The van der Waals surface area contributed by atoms with Gasteiger partial charge in [-0.2, -0.15) is 0 Å². The summed E-state index contributed by atoms with van der Waals surface area (Å²) in [6.07, 6.45) is 0. The van der Waals surface area contributed by atoms with Crippen molar-refractivity contribution in [3.63, 3.8) is 0 Å². The number of para-hydroxylation sites is 2. The fourth-order valence-corrected chi connectivity index (χ4v) is 2.00. The minimum Gasteiger partial charge on any atom is -0.492 e. The molecular weight excluding hydrogens is 302 g/mol. The van der Waals surface area contributed by atoms with Gasteiger partial charge in [-0.15, -0.1) is 0 Å². The van der Waals surface area contributed by atoms with Crippen LogP contribution >= 0.6 is 0 Å². The highest BCUT2D eigenvalue weighted by Gasteiger charge is 2.16.